The van der Waals surface area contributed by atoms with Gasteiger partial charge >= 0.3 is 0 Å². The highest BCUT2D eigenvalue weighted by molar-refractivity contribution is 9.10. The minimum Gasteiger partial charge on any atom is -0.481 e. The normalized spacial score (nSPS) is 12.2. The summed E-state index contributed by atoms with van der Waals surface area (Å²) in [6.07, 6.45) is -0.316. The lowest BCUT2D eigenvalue weighted by Gasteiger charge is -2.15. The van der Waals surface area contributed by atoms with E-state index in [9.17, 15) is 0 Å². The molecule has 2 aromatic carbocycles. The van der Waals surface area contributed by atoms with E-state index in [4.69, 9.17) is 27.9 Å². The molecule has 0 saturated heterocycles. The van der Waals surface area contributed by atoms with Gasteiger partial charge < -0.3 is 9.30 Å². The van der Waals surface area contributed by atoms with Crippen molar-refractivity contribution in [3.8, 4) is 5.75 Å². The van der Waals surface area contributed by atoms with Crippen LogP contribution < -0.4 is 4.74 Å². The Morgan fingerprint density at radius 1 is 1.19 bits per heavy atom. The number of thioether (sulfide) groups is 1. The first-order valence-electron chi connectivity index (χ1n) is 7.82. The van der Waals surface area contributed by atoms with E-state index in [0.717, 1.165) is 21.2 Å². The van der Waals surface area contributed by atoms with Crippen molar-refractivity contribution in [3.05, 3.63) is 68.4 Å². The van der Waals surface area contributed by atoms with Crippen molar-refractivity contribution in [2.45, 2.75) is 23.9 Å². The molecule has 0 aliphatic carbocycles. The number of hydrogen-bond donors (Lipinski definition) is 0. The Balaban J connectivity index is 1.70. The molecule has 0 spiro atoms. The minimum absolute atomic E-state index is 0.316. The molecule has 4 nitrogen and oxygen atoms in total. The predicted octanol–water partition coefficient (Wildman–Crippen LogP) is 6.32. The number of halogens is 3. The van der Waals surface area contributed by atoms with Crippen molar-refractivity contribution in [2.75, 3.05) is 0 Å². The van der Waals surface area contributed by atoms with Crippen LogP contribution in [0, 0.1) is 0 Å². The van der Waals surface area contributed by atoms with Crippen LogP contribution in [0.25, 0.3) is 0 Å². The zero-order chi connectivity index (χ0) is 18.7. The van der Waals surface area contributed by atoms with Gasteiger partial charge in [-0.1, -0.05) is 63.0 Å². The third-order valence-corrected chi connectivity index (χ3v) is 5.82. The van der Waals surface area contributed by atoms with E-state index in [1.54, 1.807) is 30.0 Å². The summed E-state index contributed by atoms with van der Waals surface area (Å²) < 4.78 is 8.93. The Bertz CT molecular complexity index is 919. The van der Waals surface area contributed by atoms with E-state index in [1.807, 2.05) is 30.7 Å². The van der Waals surface area contributed by atoms with Gasteiger partial charge in [-0.2, -0.15) is 0 Å². The monoisotopic (exact) mass is 471 g/mol. The fourth-order valence-corrected chi connectivity index (χ4v) is 4.02. The summed E-state index contributed by atoms with van der Waals surface area (Å²) in [6.45, 7) is 1.91. The molecule has 0 N–H and O–H groups in total. The summed E-state index contributed by atoms with van der Waals surface area (Å²) in [7, 11) is 1.93. The highest BCUT2D eigenvalue weighted by Gasteiger charge is 2.18. The molecule has 3 rings (SSSR count). The molecule has 0 fully saturated rings. The zero-order valence-corrected chi connectivity index (χ0v) is 18.0. The summed E-state index contributed by atoms with van der Waals surface area (Å²) in [5, 5.41) is 10.5. The molecule has 26 heavy (non-hydrogen) atoms. The molecular weight excluding hydrogens is 457 g/mol. The summed E-state index contributed by atoms with van der Waals surface area (Å²) in [6, 6.07) is 13.3. The topological polar surface area (TPSA) is 39.9 Å². The van der Waals surface area contributed by atoms with Gasteiger partial charge in [-0.05, 0) is 36.8 Å². The smallest absolute Gasteiger partial charge is 0.191 e. The molecule has 1 atom stereocenters. The van der Waals surface area contributed by atoms with Crippen molar-refractivity contribution >= 4 is 50.9 Å². The molecule has 0 aliphatic heterocycles. The highest BCUT2D eigenvalue weighted by atomic mass is 79.9. The first-order chi connectivity index (χ1) is 12.4. The molecule has 1 aromatic heterocycles. The molecule has 0 amide bonds. The van der Waals surface area contributed by atoms with Gasteiger partial charge in [0.25, 0.3) is 0 Å². The average molecular weight is 473 g/mol. The average Bonchev–Trinajstić information content (AvgIpc) is 2.97. The first kappa shape index (κ1) is 19.5. The van der Waals surface area contributed by atoms with Crippen LogP contribution in [0.2, 0.25) is 10.0 Å². The van der Waals surface area contributed by atoms with E-state index in [0.29, 0.717) is 15.8 Å². The molecule has 1 unspecified atom stereocenters. The number of rotatable bonds is 6. The number of benzene rings is 2. The van der Waals surface area contributed by atoms with Crippen LogP contribution in [0.3, 0.4) is 0 Å². The molecule has 1 heterocycles. The van der Waals surface area contributed by atoms with Gasteiger partial charge in [-0.25, -0.2) is 0 Å². The van der Waals surface area contributed by atoms with E-state index in [2.05, 4.69) is 38.3 Å². The van der Waals surface area contributed by atoms with Crippen molar-refractivity contribution in [1.82, 2.24) is 14.8 Å². The van der Waals surface area contributed by atoms with Gasteiger partial charge in [-0.15, -0.1) is 10.2 Å². The molecular formula is C18H16BrCl2N3OS. The van der Waals surface area contributed by atoms with Crippen molar-refractivity contribution in [1.29, 1.82) is 0 Å². The maximum atomic E-state index is 6.17. The first-order valence-corrected chi connectivity index (χ1v) is 10.4. The Kier molecular flexibility index (Phi) is 6.51. The lowest BCUT2D eigenvalue weighted by Crippen LogP contribution is -2.10. The fourth-order valence-electron chi connectivity index (χ4n) is 2.39. The minimum atomic E-state index is -0.316. The van der Waals surface area contributed by atoms with E-state index in [1.165, 1.54) is 5.56 Å². The zero-order valence-electron chi connectivity index (χ0n) is 14.1. The summed E-state index contributed by atoms with van der Waals surface area (Å²) >= 11 is 17.3. The van der Waals surface area contributed by atoms with Crippen molar-refractivity contribution in [2.24, 2.45) is 7.05 Å². The van der Waals surface area contributed by atoms with Gasteiger partial charge in [0.2, 0.25) is 0 Å². The third kappa shape index (κ3) is 4.74. The molecule has 0 aliphatic rings. The van der Waals surface area contributed by atoms with Crippen LogP contribution in [-0.2, 0) is 12.8 Å². The summed E-state index contributed by atoms with van der Waals surface area (Å²) in [5.41, 5.74) is 1.21. The van der Waals surface area contributed by atoms with Gasteiger partial charge in [-0.3, -0.25) is 0 Å². The van der Waals surface area contributed by atoms with Crippen LogP contribution in [0.15, 0.2) is 52.1 Å². The van der Waals surface area contributed by atoms with E-state index >= 15 is 0 Å². The largest absolute Gasteiger partial charge is 0.481 e. The van der Waals surface area contributed by atoms with Gasteiger partial charge in [0.05, 0.1) is 5.02 Å². The number of nitrogens with zero attached hydrogens (tertiary/aromatic N) is 3. The van der Waals surface area contributed by atoms with Gasteiger partial charge in [0.15, 0.2) is 17.1 Å². The van der Waals surface area contributed by atoms with Gasteiger partial charge in [0, 0.05) is 28.4 Å². The van der Waals surface area contributed by atoms with E-state index in [-0.39, 0.29) is 6.10 Å². The van der Waals surface area contributed by atoms with E-state index < -0.39 is 0 Å². The Morgan fingerprint density at radius 2 is 2.00 bits per heavy atom. The Morgan fingerprint density at radius 3 is 2.77 bits per heavy atom. The maximum Gasteiger partial charge on any atom is 0.191 e. The third-order valence-electron chi connectivity index (χ3n) is 3.69. The summed E-state index contributed by atoms with van der Waals surface area (Å²) in [4.78, 5) is 0. The molecule has 136 valence electrons. The van der Waals surface area contributed by atoms with Crippen LogP contribution in [0.5, 0.6) is 5.75 Å². The Labute approximate surface area is 175 Å². The number of ether oxygens (including phenoxy) is 1. The summed E-state index contributed by atoms with van der Waals surface area (Å²) in [5.74, 6) is 2.05. The quantitative estimate of drug-likeness (QED) is 0.393. The highest BCUT2D eigenvalue weighted by Crippen LogP contribution is 2.32. The maximum absolute atomic E-state index is 6.17. The van der Waals surface area contributed by atoms with Crippen molar-refractivity contribution < 1.29 is 4.74 Å². The van der Waals surface area contributed by atoms with Crippen LogP contribution in [0.1, 0.15) is 24.4 Å². The van der Waals surface area contributed by atoms with Crippen LogP contribution in [-0.4, -0.2) is 14.8 Å². The predicted molar refractivity (Wildman–Crippen MR) is 110 cm³/mol. The lowest BCUT2D eigenvalue weighted by atomic mass is 10.2. The van der Waals surface area contributed by atoms with Crippen LogP contribution in [0.4, 0.5) is 0 Å². The SMILES string of the molecule is CC(Oc1cc(Cl)ccc1Cl)c1nnc(SCc2cccc(Br)c2)n1C. The lowest BCUT2D eigenvalue weighted by molar-refractivity contribution is 0.211. The second kappa shape index (κ2) is 8.65. The molecule has 0 saturated carbocycles. The molecule has 0 bridgehead atoms. The standard InChI is InChI=1S/C18H16BrCl2N3OS/c1-11(25-16-9-14(20)6-7-15(16)21)17-22-23-18(24(17)2)26-10-12-4-3-5-13(19)8-12/h3-9,11H,10H2,1-2H3. The molecule has 8 heteroatoms. The number of hydrogen-bond acceptors (Lipinski definition) is 4. The molecule has 3 aromatic rings. The van der Waals surface area contributed by atoms with Crippen molar-refractivity contribution in [3.63, 3.8) is 0 Å². The fraction of sp³-hybridized carbons (Fsp3) is 0.222. The second-order valence-corrected chi connectivity index (χ2v) is 8.36. The van der Waals surface area contributed by atoms with Crippen LogP contribution >= 0.6 is 50.9 Å². The van der Waals surface area contributed by atoms with Gasteiger partial charge in [0.1, 0.15) is 5.75 Å². The molecule has 0 radical (unpaired) electrons. The second-order valence-electron chi connectivity index (χ2n) is 5.65. The number of aromatic nitrogens is 3. The Hall–Kier alpha value is -1.21.